The van der Waals surface area contributed by atoms with Crippen molar-refractivity contribution < 1.29 is 39.9 Å². The first-order valence-electron chi connectivity index (χ1n) is 10.0. The highest BCUT2D eigenvalue weighted by atomic mass is 32.2. The van der Waals surface area contributed by atoms with Gasteiger partial charge in [-0.3, -0.25) is 9.52 Å². The van der Waals surface area contributed by atoms with Gasteiger partial charge < -0.3 is 10.1 Å². The smallest absolute Gasteiger partial charge is 0.416 e. The molecule has 1 unspecified atom stereocenters. The molecule has 1 atom stereocenters. The molecular weight excluding hydrogens is 483 g/mol. The number of nitrogens with one attached hydrogen (secondary N) is 2. The molecule has 0 heterocycles. The highest BCUT2D eigenvalue weighted by Crippen LogP contribution is 2.33. The molecule has 12 heteroatoms. The summed E-state index contributed by atoms with van der Waals surface area (Å²) < 4.78 is 96.9. The van der Waals surface area contributed by atoms with E-state index in [-0.39, 0.29) is 23.5 Å². The number of amides is 1. The molecule has 1 amide bonds. The van der Waals surface area contributed by atoms with Crippen LogP contribution in [0.1, 0.15) is 43.0 Å². The Morgan fingerprint density at radius 3 is 2.29 bits per heavy atom. The molecule has 0 aromatic heterocycles. The number of halogens is 5. The van der Waals surface area contributed by atoms with Crippen LogP contribution in [0.2, 0.25) is 0 Å². The summed E-state index contributed by atoms with van der Waals surface area (Å²) in [5, 5.41) is 2.47. The van der Waals surface area contributed by atoms with Crippen molar-refractivity contribution in [3.8, 4) is 5.75 Å². The van der Waals surface area contributed by atoms with E-state index in [4.69, 9.17) is 4.74 Å². The summed E-state index contributed by atoms with van der Waals surface area (Å²) in [7, 11) is -3.91. The van der Waals surface area contributed by atoms with Crippen LogP contribution in [0, 0.1) is 11.6 Å². The molecule has 0 fully saturated rings. The second kappa shape index (κ2) is 10.9. The van der Waals surface area contributed by atoms with Crippen LogP contribution in [-0.2, 0) is 21.0 Å². The van der Waals surface area contributed by atoms with Crippen molar-refractivity contribution in [3.05, 3.63) is 64.7 Å². The number of rotatable bonds is 9. The third-order valence-corrected chi connectivity index (χ3v) is 5.00. The fourth-order valence-electron chi connectivity index (χ4n) is 2.82. The Morgan fingerprint density at radius 2 is 1.76 bits per heavy atom. The van der Waals surface area contributed by atoms with Crippen LogP contribution in [-0.4, -0.2) is 27.2 Å². The third kappa shape index (κ3) is 7.72. The molecule has 0 radical (unpaired) electrons. The molecule has 2 aromatic rings. The van der Waals surface area contributed by atoms with E-state index in [2.05, 4.69) is 5.32 Å². The molecule has 0 saturated heterocycles. The number of hydrogen-bond donors (Lipinski definition) is 2. The minimum atomic E-state index is -4.56. The van der Waals surface area contributed by atoms with Crippen LogP contribution >= 0.6 is 0 Å². The second-order valence-electron chi connectivity index (χ2n) is 7.40. The maximum Gasteiger partial charge on any atom is 0.416 e. The quantitative estimate of drug-likeness (QED) is 0.369. The summed E-state index contributed by atoms with van der Waals surface area (Å²) >= 11 is 0. The molecule has 0 saturated carbocycles. The zero-order valence-electron chi connectivity index (χ0n) is 18.5. The molecule has 2 rings (SSSR count). The minimum absolute atomic E-state index is 0.0253. The van der Waals surface area contributed by atoms with Crippen molar-refractivity contribution in [2.75, 3.05) is 17.6 Å². The summed E-state index contributed by atoms with van der Waals surface area (Å²) in [6.07, 6.45) is -0.957. The largest absolute Gasteiger partial charge is 0.493 e. The Bertz CT molecular complexity index is 1160. The number of anilines is 1. The van der Waals surface area contributed by atoms with Gasteiger partial charge >= 0.3 is 6.18 Å². The SMILES string of the molecule is CCCOc1cc(C(F)(F)F)ccc1C=CC(=O)NC(C)c1cc(F)c(NS(C)(=O)=O)c(F)c1. The first-order valence-corrected chi connectivity index (χ1v) is 11.9. The van der Waals surface area contributed by atoms with E-state index in [0.717, 1.165) is 36.6 Å². The zero-order chi connectivity index (χ0) is 25.7. The van der Waals surface area contributed by atoms with Gasteiger partial charge in [0.2, 0.25) is 15.9 Å². The van der Waals surface area contributed by atoms with Gasteiger partial charge in [-0.1, -0.05) is 13.0 Å². The van der Waals surface area contributed by atoms with Gasteiger partial charge in [0.25, 0.3) is 0 Å². The van der Waals surface area contributed by atoms with E-state index >= 15 is 0 Å². The van der Waals surface area contributed by atoms with E-state index in [1.807, 2.05) is 0 Å². The van der Waals surface area contributed by atoms with Gasteiger partial charge in [-0.05, 0) is 49.2 Å². The van der Waals surface area contributed by atoms with Gasteiger partial charge in [-0.25, -0.2) is 17.2 Å². The molecule has 0 aliphatic heterocycles. The molecule has 186 valence electrons. The molecule has 2 aromatic carbocycles. The van der Waals surface area contributed by atoms with Gasteiger partial charge in [0, 0.05) is 11.6 Å². The predicted octanol–water partition coefficient (Wildman–Crippen LogP) is 5.03. The fraction of sp³-hybridized carbons (Fsp3) is 0.318. The molecule has 0 aliphatic rings. The standard InChI is InChI=1S/C22H23F5N2O4S/c1-4-9-33-19-12-16(22(25,26)27)7-5-14(19)6-8-20(30)28-13(2)15-10-17(23)21(18(24)11-15)29-34(3,31)32/h5-8,10-13,29H,4,9H2,1-3H3,(H,28,30). The first-order chi connectivity index (χ1) is 15.7. The van der Waals surface area contributed by atoms with Crippen molar-refractivity contribution in [2.24, 2.45) is 0 Å². The number of sulfonamides is 1. The van der Waals surface area contributed by atoms with Crippen LogP contribution in [0.25, 0.3) is 6.08 Å². The van der Waals surface area contributed by atoms with E-state index in [9.17, 15) is 35.2 Å². The highest BCUT2D eigenvalue weighted by Gasteiger charge is 2.31. The molecular formula is C22H23F5N2O4S. The average molecular weight is 506 g/mol. The molecule has 6 nitrogen and oxygen atoms in total. The third-order valence-electron chi connectivity index (χ3n) is 4.43. The lowest BCUT2D eigenvalue weighted by Gasteiger charge is -2.15. The molecule has 2 N–H and O–H groups in total. The Morgan fingerprint density at radius 1 is 1.15 bits per heavy atom. The van der Waals surface area contributed by atoms with Gasteiger partial charge in [-0.15, -0.1) is 0 Å². The van der Waals surface area contributed by atoms with Crippen molar-refractivity contribution >= 4 is 27.7 Å². The second-order valence-corrected chi connectivity index (χ2v) is 9.14. The lowest BCUT2D eigenvalue weighted by Crippen LogP contribution is -2.25. The zero-order valence-corrected chi connectivity index (χ0v) is 19.3. The number of carbonyl (C=O) groups is 1. The van der Waals surface area contributed by atoms with Crippen LogP contribution in [0.4, 0.5) is 27.6 Å². The van der Waals surface area contributed by atoms with Crippen molar-refractivity contribution in [3.63, 3.8) is 0 Å². The maximum absolute atomic E-state index is 14.2. The van der Waals surface area contributed by atoms with Crippen molar-refractivity contribution in [1.29, 1.82) is 0 Å². The van der Waals surface area contributed by atoms with Crippen LogP contribution in [0.15, 0.2) is 36.4 Å². The van der Waals surface area contributed by atoms with E-state index in [1.165, 1.54) is 19.1 Å². The summed E-state index contributed by atoms with van der Waals surface area (Å²) in [4.78, 5) is 12.3. The lowest BCUT2D eigenvalue weighted by molar-refractivity contribution is -0.137. The lowest BCUT2D eigenvalue weighted by atomic mass is 10.1. The summed E-state index contributed by atoms with van der Waals surface area (Å²) in [5.41, 5.74) is -1.48. The van der Waals surface area contributed by atoms with Crippen molar-refractivity contribution in [2.45, 2.75) is 32.5 Å². The van der Waals surface area contributed by atoms with E-state index in [0.29, 0.717) is 6.42 Å². The summed E-state index contributed by atoms with van der Waals surface area (Å²) in [6, 6.07) is 3.73. The molecule has 0 spiro atoms. The van der Waals surface area contributed by atoms with Crippen LogP contribution < -0.4 is 14.8 Å². The van der Waals surface area contributed by atoms with Crippen molar-refractivity contribution in [1.82, 2.24) is 5.32 Å². The number of alkyl halides is 3. The van der Waals surface area contributed by atoms with Crippen LogP contribution in [0.5, 0.6) is 5.75 Å². The fourth-order valence-corrected chi connectivity index (χ4v) is 3.39. The van der Waals surface area contributed by atoms with Gasteiger partial charge in [0.15, 0.2) is 11.6 Å². The first kappa shape index (κ1) is 27.1. The maximum atomic E-state index is 14.2. The molecule has 0 bridgehead atoms. The molecule has 34 heavy (non-hydrogen) atoms. The van der Waals surface area contributed by atoms with Gasteiger partial charge in [0.05, 0.1) is 24.5 Å². The minimum Gasteiger partial charge on any atom is -0.493 e. The topological polar surface area (TPSA) is 84.5 Å². The molecule has 0 aliphatic carbocycles. The Labute approximate surface area is 193 Å². The van der Waals surface area contributed by atoms with Gasteiger partial charge in [0.1, 0.15) is 11.4 Å². The summed E-state index contributed by atoms with van der Waals surface area (Å²) in [6.45, 7) is 3.40. The number of carbonyl (C=O) groups excluding carboxylic acids is 1. The number of benzene rings is 2. The summed E-state index contributed by atoms with van der Waals surface area (Å²) in [5.74, 6) is -3.07. The highest BCUT2D eigenvalue weighted by molar-refractivity contribution is 7.92. The average Bonchev–Trinajstić information content (AvgIpc) is 2.72. The van der Waals surface area contributed by atoms with E-state index in [1.54, 1.807) is 11.6 Å². The van der Waals surface area contributed by atoms with E-state index < -0.39 is 51.0 Å². The number of ether oxygens (including phenoxy) is 1. The Hall–Kier alpha value is -3.15. The Kier molecular flexibility index (Phi) is 8.65. The normalized spacial score (nSPS) is 13.1. The predicted molar refractivity (Wildman–Crippen MR) is 118 cm³/mol. The Balaban J connectivity index is 2.18. The van der Waals surface area contributed by atoms with Crippen LogP contribution in [0.3, 0.4) is 0 Å². The number of hydrogen-bond acceptors (Lipinski definition) is 4. The monoisotopic (exact) mass is 506 g/mol. The van der Waals surface area contributed by atoms with Gasteiger partial charge in [-0.2, -0.15) is 13.2 Å².